The highest BCUT2D eigenvalue weighted by atomic mass is 35.5. The van der Waals surface area contributed by atoms with E-state index in [4.69, 9.17) is 39.9 Å². The molecule has 1 N–H and O–H groups in total. The summed E-state index contributed by atoms with van der Waals surface area (Å²) in [6, 6.07) is 6.45. The molecule has 0 saturated heterocycles. The fourth-order valence-corrected chi connectivity index (χ4v) is 2.09. The van der Waals surface area contributed by atoms with Crippen LogP contribution in [0.1, 0.15) is 10.5 Å². The van der Waals surface area contributed by atoms with Crippen LogP contribution in [-0.4, -0.2) is 16.1 Å². The molecule has 1 aromatic heterocycles. The van der Waals surface area contributed by atoms with Crippen molar-refractivity contribution in [3.8, 4) is 11.1 Å². The van der Waals surface area contributed by atoms with Gasteiger partial charge in [0.25, 0.3) is 0 Å². The molecule has 0 unspecified atom stereocenters. The summed E-state index contributed by atoms with van der Waals surface area (Å²) in [6.45, 7) is 0. The predicted molar refractivity (Wildman–Crippen MR) is 71.7 cm³/mol. The normalized spacial score (nSPS) is 10.4. The second-order valence-electron chi connectivity index (χ2n) is 3.46. The van der Waals surface area contributed by atoms with Crippen molar-refractivity contribution in [3.63, 3.8) is 0 Å². The maximum absolute atomic E-state index is 11.1. The first kappa shape index (κ1) is 13.1. The Kier molecular flexibility index (Phi) is 3.76. The Hall–Kier alpha value is -1.29. The molecule has 0 aliphatic carbocycles. The van der Waals surface area contributed by atoms with Gasteiger partial charge in [0.05, 0.1) is 15.1 Å². The molecule has 0 saturated carbocycles. The van der Waals surface area contributed by atoms with Gasteiger partial charge >= 0.3 is 5.97 Å². The SMILES string of the molecule is O=C(O)c1ncc(Cl)cc1-c1cccc(Cl)c1Cl. The number of pyridine rings is 1. The summed E-state index contributed by atoms with van der Waals surface area (Å²) < 4.78 is 0. The van der Waals surface area contributed by atoms with Crippen molar-refractivity contribution in [2.45, 2.75) is 0 Å². The number of halogens is 3. The van der Waals surface area contributed by atoms with Gasteiger partial charge in [-0.2, -0.15) is 0 Å². The van der Waals surface area contributed by atoms with Gasteiger partial charge in [0.2, 0.25) is 0 Å². The van der Waals surface area contributed by atoms with E-state index in [1.807, 2.05) is 0 Å². The zero-order valence-corrected chi connectivity index (χ0v) is 11.1. The Morgan fingerprint density at radius 2 is 1.89 bits per heavy atom. The maximum Gasteiger partial charge on any atom is 0.355 e. The minimum atomic E-state index is -1.15. The number of nitrogens with zero attached hydrogens (tertiary/aromatic N) is 1. The van der Waals surface area contributed by atoms with Crippen molar-refractivity contribution in [1.29, 1.82) is 0 Å². The summed E-state index contributed by atoms with van der Waals surface area (Å²) in [7, 11) is 0. The topological polar surface area (TPSA) is 50.2 Å². The Labute approximate surface area is 118 Å². The van der Waals surface area contributed by atoms with E-state index in [-0.39, 0.29) is 10.7 Å². The largest absolute Gasteiger partial charge is 0.476 e. The number of aromatic carboxylic acids is 1. The standard InChI is InChI=1S/C12H6Cl3NO2/c13-6-4-8(11(12(17)18)16-5-6)7-2-1-3-9(14)10(7)15/h1-5H,(H,17,18). The molecule has 0 aliphatic heterocycles. The van der Waals surface area contributed by atoms with Gasteiger partial charge in [0.15, 0.2) is 5.69 Å². The zero-order valence-electron chi connectivity index (χ0n) is 8.82. The third-order valence-electron chi connectivity index (χ3n) is 2.30. The first-order valence-electron chi connectivity index (χ1n) is 4.84. The molecule has 1 heterocycles. The van der Waals surface area contributed by atoms with Gasteiger partial charge in [0.1, 0.15) is 0 Å². The summed E-state index contributed by atoms with van der Waals surface area (Å²) in [5.74, 6) is -1.15. The van der Waals surface area contributed by atoms with Gasteiger partial charge in [-0.1, -0.05) is 46.9 Å². The van der Waals surface area contributed by atoms with Crippen molar-refractivity contribution in [2.75, 3.05) is 0 Å². The number of carboxylic acids is 1. The van der Waals surface area contributed by atoms with Gasteiger partial charge in [-0.3, -0.25) is 0 Å². The van der Waals surface area contributed by atoms with E-state index >= 15 is 0 Å². The van der Waals surface area contributed by atoms with Gasteiger partial charge in [-0.15, -0.1) is 0 Å². The van der Waals surface area contributed by atoms with Gasteiger partial charge < -0.3 is 5.11 Å². The number of carboxylic acid groups (broad SMARTS) is 1. The number of hydrogen-bond donors (Lipinski definition) is 1. The molecular formula is C12H6Cl3NO2. The average Bonchev–Trinajstić information content (AvgIpc) is 2.32. The molecule has 1 aromatic carbocycles. The molecule has 2 rings (SSSR count). The van der Waals surface area contributed by atoms with Crippen LogP contribution in [0.2, 0.25) is 15.1 Å². The van der Waals surface area contributed by atoms with Crippen LogP contribution < -0.4 is 0 Å². The minimum Gasteiger partial charge on any atom is -0.476 e. The Bertz CT molecular complexity index is 629. The quantitative estimate of drug-likeness (QED) is 0.894. The summed E-state index contributed by atoms with van der Waals surface area (Å²) in [5, 5.41) is 10.0. The predicted octanol–water partition coefficient (Wildman–Crippen LogP) is 4.41. The maximum atomic E-state index is 11.1. The highest BCUT2D eigenvalue weighted by Gasteiger charge is 2.17. The van der Waals surface area contributed by atoms with Gasteiger partial charge in [-0.25, -0.2) is 9.78 Å². The average molecular weight is 303 g/mol. The van der Waals surface area contributed by atoms with Crippen LogP contribution >= 0.6 is 34.8 Å². The fourth-order valence-electron chi connectivity index (χ4n) is 1.53. The summed E-state index contributed by atoms with van der Waals surface area (Å²) in [4.78, 5) is 14.9. The molecule has 0 fully saturated rings. The van der Waals surface area contributed by atoms with Crippen LogP contribution in [-0.2, 0) is 0 Å². The van der Waals surface area contributed by atoms with E-state index < -0.39 is 5.97 Å². The molecule has 0 amide bonds. The van der Waals surface area contributed by atoms with Crippen LogP contribution in [0.15, 0.2) is 30.5 Å². The molecule has 18 heavy (non-hydrogen) atoms. The van der Waals surface area contributed by atoms with Crippen molar-refractivity contribution in [2.24, 2.45) is 0 Å². The van der Waals surface area contributed by atoms with Crippen molar-refractivity contribution < 1.29 is 9.90 Å². The first-order valence-corrected chi connectivity index (χ1v) is 5.97. The second-order valence-corrected chi connectivity index (χ2v) is 4.68. The lowest BCUT2D eigenvalue weighted by atomic mass is 10.0. The van der Waals surface area contributed by atoms with Crippen molar-refractivity contribution in [1.82, 2.24) is 4.98 Å². The van der Waals surface area contributed by atoms with Gasteiger partial charge in [0, 0.05) is 17.3 Å². The Balaban J connectivity index is 2.73. The summed E-state index contributed by atoms with van der Waals surface area (Å²) >= 11 is 17.8. The lowest BCUT2D eigenvalue weighted by molar-refractivity contribution is 0.0691. The van der Waals surface area contributed by atoms with E-state index in [1.165, 1.54) is 12.3 Å². The van der Waals surface area contributed by atoms with Crippen LogP contribution in [0, 0.1) is 0 Å². The number of carbonyl (C=O) groups is 1. The molecule has 3 nitrogen and oxygen atoms in total. The lowest BCUT2D eigenvalue weighted by Crippen LogP contribution is -2.03. The lowest BCUT2D eigenvalue weighted by Gasteiger charge is -2.09. The van der Waals surface area contributed by atoms with E-state index in [1.54, 1.807) is 18.2 Å². The molecule has 0 bridgehead atoms. The Morgan fingerprint density at radius 3 is 2.56 bits per heavy atom. The number of benzene rings is 1. The number of rotatable bonds is 2. The number of hydrogen-bond acceptors (Lipinski definition) is 2. The fraction of sp³-hybridized carbons (Fsp3) is 0. The molecule has 0 spiro atoms. The highest BCUT2D eigenvalue weighted by Crippen LogP contribution is 2.35. The van der Waals surface area contributed by atoms with E-state index in [0.29, 0.717) is 21.2 Å². The van der Waals surface area contributed by atoms with E-state index in [0.717, 1.165) is 0 Å². The molecule has 2 aromatic rings. The van der Waals surface area contributed by atoms with Crippen molar-refractivity contribution in [3.05, 3.63) is 51.2 Å². The molecule has 6 heteroatoms. The molecular weight excluding hydrogens is 296 g/mol. The third-order valence-corrected chi connectivity index (χ3v) is 3.32. The molecule has 0 aliphatic rings. The first-order chi connectivity index (χ1) is 8.50. The Morgan fingerprint density at radius 1 is 1.17 bits per heavy atom. The molecule has 0 radical (unpaired) electrons. The molecule has 92 valence electrons. The summed E-state index contributed by atoms with van der Waals surface area (Å²) in [5.41, 5.74) is 0.697. The van der Waals surface area contributed by atoms with Crippen molar-refractivity contribution >= 4 is 40.8 Å². The van der Waals surface area contributed by atoms with Crippen LogP contribution in [0.4, 0.5) is 0 Å². The summed E-state index contributed by atoms with van der Waals surface area (Å²) in [6.07, 6.45) is 1.27. The van der Waals surface area contributed by atoms with E-state index in [9.17, 15) is 4.79 Å². The monoisotopic (exact) mass is 301 g/mol. The molecule has 0 atom stereocenters. The van der Waals surface area contributed by atoms with E-state index in [2.05, 4.69) is 4.98 Å². The van der Waals surface area contributed by atoms with Crippen LogP contribution in [0.3, 0.4) is 0 Å². The minimum absolute atomic E-state index is 0.122. The number of aromatic nitrogens is 1. The smallest absolute Gasteiger partial charge is 0.355 e. The highest BCUT2D eigenvalue weighted by molar-refractivity contribution is 6.43. The van der Waals surface area contributed by atoms with Crippen LogP contribution in [0.25, 0.3) is 11.1 Å². The van der Waals surface area contributed by atoms with Gasteiger partial charge in [-0.05, 0) is 12.1 Å². The van der Waals surface area contributed by atoms with Crippen LogP contribution in [0.5, 0.6) is 0 Å². The second kappa shape index (κ2) is 5.14. The zero-order chi connectivity index (χ0) is 13.3. The third kappa shape index (κ3) is 2.43.